The van der Waals surface area contributed by atoms with Crippen LogP contribution in [0.5, 0.6) is 5.75 Å². The van der Waals surface area contributed by atoms with Gasteiger partial charge < -0.3 is 16.6 Å². The van der Waals surface area contributed by atoms with Gasteiger partial charge >= 0.3 is 0 Å². The van der Waals surface area contributed by atoms with Crippen molar-refractivity contribution in [1.29, 1.82) is 0 Å². The average Bonchev–Trinajstić information content (AvgIpc) is 2.10. The number of aromatic hydroxyl groups is 1. The van der Waals surface area contributed by atoms with Crippen molar-refractivity contribution in [3.05, 3.63) is 23.9 Å². The van der Waals surface area contributed by atoms with Crippen molar-refractivity contribution in [2.75, 3.05) is 5.73 Å². The molecular formula is C9H11N3O2. The van der Waals surface area contributed by atoms with Gasteiger partial charge in [-0.3, -0.25) is 4.79 Å². The highest BCUT2D eigenvalue weighted by Crippen LogP contribution is 2.18. The van der Waals surface area contributed by atoms with Crippen molar-refractivity contribution in [1.82, 2.24) is 4.98 Å². The number of primary amides is 1. The highest BCUT2D eigenvalue weighted by Gasteiger charge is 1.97. The van der Waals surface area contributed by atoms with Crippen LogP contribution in [-0.4, -0.2) is 16.0 Å². The Morgan fingerprint density at radius 1 is 1.64 bits per heavy atom. The third kappa shape index (κ3) is 2.78. The van der Waals surface area contributed by atoms with Gasteiger partial charge in [-0.2, -0.15) is 0 Å². The molecule has 0 saturated carbocycles. The number of anilines is 1. The van der Waals surface area contributed by atoms with Gasteiger partial charge in [0.2, 0.25) is 5.91 Å². The van der Waals surface area contributed by atoms with E-state index in [2.05, 4.69) is 4.98 Å². The summed E-state index contributed by atoms with van der Waals surface area (Å²) in [7, 11) is 0. The second-order valence-electron chi connectivity index (χ2n) is 2.75. The third-order valence-corrected chi connectivity index (χ3v) is 1.55. The Balaban J connectivity index is 2.73. The zero-order valence-corrected chi connectivity index (χ0v) is 7.47. The Labute approximate surface area is 81.1 Å². The van der Waals surface area contributed by atoms with Crippen molar-refractivity contribution in [3.63, 3.8) is 0 Å². The molecule has 0 aliphatic carbocycles. The molecule has 0 spiro atoms. The van der Waals surface area contributed by atoms with E-state index >= 15 is 0 Å². The van der Waals surface area contributed by atoms with Gasteiger partial charge in [-0.25, -0.2) is 4.98 Å². The van der Waals surface area contributed by atoms with E-state index in [1.165, 1.54) is 12.3 Å². The summed E-state index contributed by atoms with van der Waals surface area (Å²) in [5.74, 6) is -0.405. The van der Waals surface area contributed by atoms with Gasteiger partial charge in [-0.05, 0) is 11.6 Å². The van der Waals surface area contributed by atoms with Crippen molar-refractivity contribution >= 4 is 17.8 Å². The zero-order chi connectivity index (χ0) is 10.6. The first-order chi connectivity index (χ1) is 6.59. The number of carbonyl (C=O) groups excluding carboxylic acids is 1. The Morgan fingerprint density at radius 3 is 2.93 bits per heavy atom. The first-order valence-electron chi connectivity index (χ1n) is 3.99. The second kappa shape index (κ2) is 4.27. The lowest BCUT2D eigenvalue weighted by Gasteiger charge is -1.97. The standard InChI is InChI=1S/C9H11N3O2/c10-8(14)3-1-2-6-4-7(13)9(11)12-5-6/h1-2,4-5,13H,3H2,(H2,10,14)(H2,11,12). The molecule has 14 heavy (non-hydrogen) atoms. The number of hydrogen-bond donors (Lipinski definition) is 3. The van der Waals surface area contributed by atoms with Crippen LogP contribution >= 0.6 is 0 Å². The maximum atomic E-state index is 10.4. The largest absolute Gasteiger partial charge is 0.504 e. The molecule has 0 aromatic carbocycles. The summed E-state index contributed by atoms with van der Waals surface area (Å²) in [6.07, 6.45) is 4.88. The summed E-state index contributed by atoms with van der Waals surface area (Å²) < 4.78 is 0. The smallest absolute Gasteiger partial charge is 0.221 e. The number of nitrogens with zero attached hydrogens (tertiary/aromatic N) is 1. The number of aromatic nitrogens is 1. The quantitative estimate of drug-likeness (QED) is 0.640. The normalized spacial score (nSPS) is 10.6. The summed E-state index contributed by atoms with van der Waals surface area (Å²) in [5, 5.41) is 9.20. The maximum absolute atomic E-state index is 10.4. The predicted molar refractivity (Wildman–Crippen MR) is 53.2 cm³/mol. The van der Waals surface area contributed by atoms with Crippen molar-refractivity contribution in [3.8, 4) is 5.75 Å². The van der Waals surface area contributed by atoms with E-state index in [4.69, 9.17) is 11.5 Å². The third-order valence-electron chi connectivity index (χ3n) is 1.55. The highest BCUT2D eigenvalue weighted by atomic mass is 16.3. The van der Waals surface area contributed by atoms with E-state index in [1.807, 2.05) is 0 Å². The van der Waals surface area contributed by atoms with E-state index in [9.17, 15) is 9.90 Å². The molecule has 0 aliphatic rings. The minimum atomic E-state index is -0.408. The number of pyridine rings is 1. The van der Waals surface area contributed by atoms with Crippen molar-refractivity contribution in [2.45, 2.75) is 6.42 Å². The molecule has 0 unspecified atom stereocenters. The highest BCUT2D eigenvalue weighted by molar-refractivity contribution is 5.76. The molecule has 5 N–H and O–H groups in total. The van der Waals surface area contributed by atoms with Crippen molar-refractivity contribution < 1.29 is 9.90 Å². The Hall–Kier alpha value is -2.04. The number of rotatable bonds is 3. The Morgan fingerprint density at radius 2 is 2.36 bits per heavy atom. The van der Waals surface area contributed by atoms with Crippen LogP contribution in [0.2, 0.25) is 0 Å². The lowest BCUT2D eigenvalue weighted by Crippen LogP contribution is -2.07. The van der Waals surface area contributed by atoms with Gasteiger partial charge in [-0.1, -0.05) is 12.2 Å². The Kier molecular flexibility index (Phi) is 3.06. The molecule has 5 nitrogen and oxygen atoms in total. The molecule has 0 fully saturated rings. The van der Waals surface area contributed by atoms with Gasteiger partial charge in [-0.15, -0.1) is 0 Å². The Bertz CT molecular complexity index is 374. The van der Waals surface area contributed by atoms with E-state index in [1.54, 1.807) is 12.2 Å². The zero-order valence-electron chi connectivity index (χ0n) is 7.47. The minimum absolute atomic E-state index is 0.0776. The van der Waals surface area contributed by atoms with Crippen LogP contribution in [-0.2, 0) is 4.79 Å². The monoisotopic (exact) mass is 193 g/mol. The minimum Gasteiger partial charge on any atom is -0.504 e. The van der Waals surface area contributed by atoms with E-state index in [0.717, 1.165) is 0 Å². The average molecular weight is 193 g/mol. The van der Waals surface area contributed by atoms with Crippen LogP contribution in [0.25, 0.3) is 6.08 Å². The summed E-state index contributed by atoms with van der Waals surface area (Å²) in [5.41, 5.74) is 10.9. The molecule has 1 rings (SSSR count). The first kappa shape index (κ1) is 10.0. The lowest BCUT2D eigenvalue weighted by atomic mass is 10.2. The molecule has 0 saturated heterocycles. The molecular weight excluding hydrogens is 182 g/mol. The number of carbonyl (C=O) groups is 1. The fourth-order valence-corrected chi connectivity index (χ4v) is 0.882. The fourth-order valence-electron chi connectivity index (χ4n) is 0.882. The van der Waals surface area contributed by atoms with Crippen LogP contribution in [0.3, 0.4) is 0 Å². The molecule has 74 valence electrons. The molecule has 0 bridgehead atoms. The van der Waals surface area contributed by atoms with Gasteiger partial charge in [0.15, 0.2) is 11.6 Å². The second-order valence-corrected chi connectivity index (χ2v) is 2.75. The molecule has 1 aromatic rings. The lowest BCUT2D eigenvalue weighted by molar-refractivity contribution is -0.117. The van der Waals surface area contributed by atoms with E-state index in [-0.39, 0.29) is 18.0 Å². The number of nitrogens with two attached hydrogens (primary N) is 2. The molecule has 0 aliphatic heterocycles. The summed E-state index contributed by atoms with van der Waals surface area (Å²) in [4.78, 5) is 14.1. The van der Waals surface area contributed by atoms with Gasteiger partial charge in [0.05, 0.1) is 0 Å². The summed E-state index contributed by atoms with van der Waals surface area (Å²) >= 11 is 0. The molecule has 0 radical (unpaired) electrons. The molecule has 0 atom stereocenters. The fraction of sp³-hybridized carbons (Fsp3) is 0.111. The van der Waals surface area contributed by atoms with Crippen LogP contribution < -0.4 is 11.5 Å². The van der Waals surface area contributed by atoms with E-state index < -0.39 is 5.91 Å². The molecule has 1 amide bonds. The van der Waals surface area contributed by atoms with Crippen LogP contribution in [0.4, 0.5) is 5.82 Å². The molecule has 1 heterocycles. The maximum Gasteiger partial charge on any atom is 0.221 e. The van der Waals surface area contributed by atoms with Gasteiger partial charge in [0, 0.05) is 12.6 Å². The predicted octanol–water partition coefficient (Wildman–Crippen LogP) is 0.258. The van der Waals surface area contributed by atoms with Crippen LogP contribution in [0.1, 0.15) is 12.0 Å². The van der Waals surface area contributed by atoms with Crippen LogP contribution in [0.15, 0.2) is 18.3 Å². The first-order valence-corrected chi connectivity index (χ1v) is 3.99. The summed E-state index contributed by atoms with van der Waals surface area (Å²) in [6, 6.07) is 1.46. The number of nitrogen functional groups attached to an aromatic ring is 1. The van der Waals surface area contributed by atoms with Crippen LogP contribution in [0, 0.1) is 0 Å². The van der Waals surface area contributed by atoms with Gasteiger partial charge in [0.25, 0.3) is 0 Å². The van der Waals surface area contributed by atoms with Gasteiger partial charge in [0.1, 0.15) is 0 Å². The topological polar surface area (TPSA) is 102 Å². The molecule has 5 heteroatoms. The number of hydrogen-bond acceptors (Lipinski definition) is 4. The SMILES string of the molecule is NC(=O)CC=Cc1cnc(N)c(O)c1. The van der Waals surface area contributed by atoms with Crippen molar-refractivity contribution in [2.24, 2.45) is 5.73 Å². The van der Waals surface area contributed by atoms with E-state index in [0.29, 0.717) is 5.56 Å². The summed E-state index contributed by atoms with van der Waals surface area (Å²) in [6.45, 7) is 0. The number of amides is 1. The molecule has 1 aromatic heterocycles.